The normalized spacial score (nSPS) is 11.3. The van der Waals surface area contributed by atoms with Crippen LogP contribution in [0.25, 0.3) is 28.0 Å². The van der Waals surface area contributed by atoms with E-state index in [4.69, 9.17) is 14.6 Å². The number of amides is 1. The van der Waals surface area contributed by atoms with Crippen molar-refractivity contribution in [3.63, 3.8) is 0 Å². The molecule has 2 aromatic heterocycles. The van der Waals surface area contributed by atoms with Crippen LogP contribution in [0.1, 0.15) is 20.8 Å². The van der Waals surface area contributed by atoms with Crippen LogP contribution in [0.2, 0.25) is 0 Å². The van der Waals surface area contributed by atoms with Gasteiger partial charge in [0.25, 0.3) is 0 Å². The molecule has 9 nitrogen and oxygen atoms in total. The smallest absolute Gasteiger partial charge is 0.413 e. The van der Waals surface area contributed by atoms with E-state index in [1.165, 1.54) is 6.33 Å². The van der Waals surface area contributed by atoms with E-state index >= 15 is 0 Å². The highest BCUT2D eigenvalue weighted by Crippen LogP contribution is 2.34. The van der Waals surface area contributed by atoms with E-state index in [9.17, 15) is 4.79 Å². The third-order valence-electron chi connectivity index (χ3n) is 5.59. The minimum absolute atomic E-state index is 0.307. The van der Waals surface area contributed by atoms with Crippen molar-refractivity contribution in [2.24, 2.45) is 0 Å². The summed E-state index contributed by atoms with van der Waals surface area (Å²) in [7, 11) is 1.86. The van der Waals surface area contributed by atoms with Gasteiger partial charge in [0.15, 0.2) is 11.5 Å². The molecule has 0 aliphatic carbocycles. The second-order valence-electron chi connectivity index (χ2n) is 9.54. The van der Waals surface area contributed by atoms with Gasteiger partial charge in [-0.2, -0.15) is 5.10 Å². The Kier molecular flexibility index (Phi) is 6.66. The third-order valence-corrected chi connectivity index (χ3v) is 5.59. The van der Waals surface area contributed by atoms with Crippen molar-refractivity contribution in [1.29, 1.82) is 0 Å². The largest absolute Gasteiger partial charge is 0.457 e. The molecule has 0 aliphatic heterocycles. The first kappa shape index (κ1) is 24.8. The van der Waals surface area contributed by atoms with Gasteiger partial charge in [0.05, 0.1) is 11.1 Å². The molecule has 0 radical (unpaired) electrons. The van der Waals surface area contributed by atoms with Gasteiger partial charge in [-0.3, -0.25) is 5.32 Å². The Morgan fingerprint density at radius 2 is 1.55 bits per heavy atom. The number of carbonyl (C=O) groups excluding carboxylic acids is 1. The first-order chi connectivity index (χ1) is 18.3. The SMILES string of the molecule is CNc1ccc(-n2nc(-c3ccc(Oc4ccccc4)cc3)c3c(NC(=O)OC(C)(C)C)ncnc32)cc1. The molecule has 0 aliphatic rings. The molecule has 5 rings (SSSR count). The molecule has 0 saturated heterocycles. The minimum atomic E-state index is -0.660. The molecule has 0 fully saturated rings. The number of hydrogen-bond acceptors (Lipinski definition) is 7. The van der Waals surface area contributed by atoms with Gasteiger partial charge in [-0.05, 0) is 81.4 Å². The number of ether oxygens (including phenoxy) is 2. The predicted octanol–water partition coefficient (Wildman–Crippen LogP) is 6.66. The average Bonchev–Trinajstić information content (AvgIpc) is 3.29. The fourth-order valence-corrected chi connectivity index (χ4v) is 3.90. The van der Waals surface area contributed by atoms with Crippen molar-refractivity contribution in [2.75, 3.05) is 17.7 Å². The maximum Gasteiger partial charge on any atom is 0.413 e. The molecule has 5 aromatic rings. The number of hydrogen-bond donors (Lipinski definition) is 2. The molecular weight excluding hydrogens is 480 g/mol. The molecule has 2 N–H and O–H groups in total. The zero-order valence-electron chi connectivity index (χ0n) is 21.6. The monoisotopic (exact) mass is 508 g/mol. The number of carbonyl (C=O) groups is 1. The number of nitrogens with one attached hydrogen (secondary N) is 2. The van der Waals surface area contributed by atoms with E-state index in [1.807, 2.05) is 85.9 Å². The number of anilines is 2. The second kappa shape index (κ2) is 10.2. The van der Waals surface area contributed by atoms with E-state index in [2.05, 4.69) is 20.6 Å². The Morgan fingerprint density at radius 1 is 0.868 bits per heavy atom. The fraction of sp³-hybridized carbons (Fsp3) is 0.172. The van der Waals surface area contributed by atoms with Crippen molar-refractivity contribution in [3.8, 4) is 28.4 Å². The van der Waals surface area contributed by atoms with Gasteiger partial charge in [0, 0.05) is 18.3 Å². The van der Waals surface area contributed by atoms with Crippen LogP contribution in [-0.2, 0) is 4.74 Å². The molecule has 9 heteroatoms. The van der Waals surface area contributed by atoms with Crippen LogP contribution in [0.4, 0.5) is 16.3 Å². The highest BCUT2D eigenvalue weighted by Gasteiger charge is 2.23. The number of nitrogens with zero attached hydrogens (tertiary/aromatic N) is 4. The van der Waals surface area contributed by atoms with E-state index in [0.29, 0.717) is 28.3 Å². The van der Waals surface area contributed by atoms with Gasteiger partial charge >= 0.3 is 6.09 Å². The lowest BCUT2D eigenvalue weighted by molar-refractivity contribution is 0.0635. The predicted molar refractivity (Wildman–Crippen MR) is 148 cm³/mol. The zero-order chi connectivity index (χ0) is 26.7. The molecule has 0 saturated carbocycles. The van der Waals surface area contributed by atoms with Gasteiger partial charge in [0.1, 0.15) is 29.1 Å². The molecule has 1 amide bonds. The van der Waals surface area contributed by atoms with Crippen LogP contribution in [-0.4, -0.2) is 38.5 Å². The Labute approximate surface area is 220 Å². The van der Waals surface area contributed by atoms with E-state index < -0.39 is 11.7 Å². The Morgan fingerprint density at radius 3 is 2.21 bits per heavy atom. The molecule has 0 bridgehead atoms. The summed E-state index contributed by atoms with van der Waals surface area (Å²) < 4.78 is 13.1. The standard InChI is InChI=1S/C29H28N6O3/c1-29(2,3)38-28(36)33-26-24-25(19-10-16-23(17-11-19)37-22-8-6-5-7-9-22)34-35(27(24)32-18-31-26)21-14-12-20(30-4)13-15-21/h5-18,30H,1-4H3,(H,31,32,33,36). The second-order valence-corrected chi connectivity index (χ2v) is 9.54. The summed E-state index contributed by atoms with van der Waals surface area (Å²) in [5.41, 5.74) is 3.08. The lowest BCUT2D eigenvalue weighted by Gasteiger charge is -2.19. The molecule has 3 aromatic carbocycles. The first-order valence-corrected chi connectivity index (χ1v) is 12.2. The molecule has 38 heavy (non-hydrogen) atoms. The highest BCUT2D eigenvalue weighted by atomic mass is 16.6. The Balaban J connectivity index is 1.59. The lowest BCUT2D eigenvalue weighted by atomic mass is 10.1. The number of para-hydroxylation sites is 1. The fourth-order valence-electron chi connectivity index (χ4n) is 3.90. The van der Waals surface area contributed by atoms with Gasteiger partial charge in [-0.1, -0.05) is 18.2 Å². The topological polar surface area (TPSA) is 103 Å². The zero-order valence-corrected chi connectivity index (χ0v) is 21.6. The number of aromatic nitrogens is 4. The van der Waals surface area contributed by atoms with Crippen LogP contribution in [0, 0.1) is 0 Å². The van der Waals surface area contributed by atoms with E-state index in [0.717, 1.165) is 22.7 Å². The van der Waals surface area contributed by atoms with Crippen molar-refractivity contribution in [3.05, 3.63) is 85.2 Å². The summed E-state index contributed by atoms with van der Waals surface area (Å²) in [4.78, 5) is 21.5. The van der Waals surface area contributed by atoms with Crippen LogP contribution in [0.5, 0.6) is 11.5 Å². The van der Waals surface area contributed by atoms with Crippen molar-refractivity contribution >= 4 is 28.6 Å². The van der Waals surface area contributed by atoms with Crippen LogP contribution in [0.3, 0.4) is 0 Å². The van der Waals surface area contributed by atoms with Crippen LogP contribution < -0.4 is 15.4 Å². The Bertz CT molecular complexity index is 1560. The molecule has 192 valence electrons. The van der Waals surface area contributed by atoms with Crippen molar-refractivity contribution in [1.82, 2.24) is 19.7 Å². The molecular formula is C29H28N6O3. The minimum Gasteiger partial charge on any atom is -0.457 e. The van der Waals surface area contributed by atoms with Crippen LogP contribution in [0.15, 0.2) is 85.2 Å². The summed E-state index contributed by atoms with van der Waals surface area (Å²) in [5, 5.41) is 11.4. The summed E-state index contributed by atoms with van der Waals surface area (Å²) >= 11 is 0. The van der Waals surface area contributed by atoms with E-state index in [-0.39, 0.29) is 0 Å². The third kappa shape index (κ3) is 5.41. The van der Waals surface area contributed by atoms with Gasteiger partial charge in [-0.25, -0.2) is 19.4 Å². The van der Waals surface area contributed by atoms with Gasteiger partial charge in [-0.15, -0.1) is 0 Å². The number of benzene rings is 3. The number of fused-ring (bicyclic) bond motifs is 1. The van der Waals surface area contributed by atoms with Crippen molar-refractivity contribution < 1.29 is 14.3 Å². The maximum absolute atomic E-state index is 12.6. The summed E-state index contributed by atoms with van der Waals surface area (Å²) in [6, 6.07) is 25.0. The molecule has 0 spiro atoms. The molecule has 2 heterocycles. The van der Waals surface area contributed by atoms with Gasteiger partial charge < -0.3 is 14.8 Å². The van der Waals surface area contributed by atoms with E-state index in [1.54, 1.807) is 25.5 Å². The highest BCUT2D eigenvalue weighted by molar-refractivity contribution is 6.03. The first-order valence-electron chi connectivity index (χ1n) is 12.2. The van der Waals surface area contributed by atoms with Gasteiger partial charge in [0.2, 0.25) is 0 Å². The molecule has 0 unspecified atom stereocenters. The number of rotatable bonds is 6. The summed E-state index contributed by atoms with van der Waals surface area (Å²) in [6.07, 6.45) is 0.789. The molecule has 0 atom stereocenters. The maximum atomic E-state index is 12.6. The van der Waals surface area contributed by atoms with Crippen molar-refractivity contribution in [2.45, 2.75) is 26.4 Å². The summed E-state index contributed by atoms with van der Waals surface area (Å²) in [6.45, 7) is 5.42. The van der Waals surface area contributed by atoms with Crippen LogP contribution >= 0.6 is 0 Å². The quantitative estimate of drug-likeness (QED) is 0.264. The Hall–Kier alpha value is -4.92. The summed E-state index contributed by atoms with van der Waals surface area (Å²) in [5.74, 6) is 1.74. The lowest BCUT2D eigenvalue weighted by Crippen LogP contribution is -2.27. The average molecular weight is 509 g/mol.